The number of nitrogens with zero attached hydrogens (tertiary/aromatic N) is 1. The molecule has 0 aliphatic heterocycles. The number of aromatic hydroxyl groups is 1. The highest BCUT2D eigenvalue weighted by Crippen LogP contribution is 2.22. The fourth-order valence-electron chi connectivity index (χ4n) is 1.86. The highest BCUT2D eigenvalue weighted by Gasteiger charge is 2.09. The average molecular weight is 254 g/mol. The molecule has 0 amide bonds. The van der Waals surface area contributed by atoms with Gasteiger partial charge in [-0.05, 0) is 30.3 Å². The van der Waals surface area contributed by atoms with Crippen molar-refractivity contribution < 1.29 is 9.52 Å². The number of fused-ring (bicyclic) bond motifs is 1. The SMILES string of the molecule is Nc1cccc(-c2nc3cc(O)ccc3c(=O)o2)c1. The van der Waals surface area contributed by atoms with E-state index in [2.05, 4.69) is 4.98 Å². The minimum absolute atomic E-state index is 0.0455. The van der Waals surface area contributed by atoms with Crippen LogP contribution >= 0.6 is 0 Å². The van der Waals surface area contributed by atoms with E-state index in [1.165, 1.54) is 18.2 Å². The first-order valence-corrected chi connectivity index (χ1v) is 5.63. The summed E-state index contributed by atoms with van der Waals surface area (Å²) in [5.74, 6) is 0.222. The minimum atomic E-state index is -0.498. The molecule has 3 aromatic rings. The van der Waals surface area contributed by atoms with Gasteiger partial charge in [-0.3, -0.25) is 0 Å². The maximum absolute atomic E-state index is 11.8. The zero-order chi connectivity index (χ0) is 13.4. The van der Waals surface area contributed by atoms with E-state index < -0.39 is 5.63 Å². The molecule has 0 saturated carbocycles. The number of anilines is 1. The third-order valence-electron chi connectivity index (χ3n) is 2.75. The summed E-state index contributed by atoms with van der Waals surface area (Å²) in [6, 6.07) is 11.2. The first-order chi connectivity index (χ1) is 9.13. The van der Waals surface area contributed by atoms with E-state index in [0.717, 1.165) is 0 Å². The number of hydrogen-bond acceptors (Lipinski definition) is 5. The molecule has 0 atom stereocenters. The summed E-state index contributed by atoms with van der Waals surface area (Å²) in [6.07, 6.45) is 0. The molecular formula is C14H10N2O3. The Bertz CT molecular complexity index is 824. The highest BCUT2D eigenvalue weighted by atomic mass is 16.4. The van der Waals surface area contributed by atoms with E-state index in [9.17, 15) is 9.90 Å². The Hall–Kier alpha value is -2.82. The van der Waals surface area contributed by atoms with Crippen LogP contribution in [0.2, 0.25) is 0 Å². The molecule has 2 aromatic carbocycles. The van der Waals surface area contributed by atoms with Crippen LogP contribution in [0.3, 0.4) is 0 Å². The maximum atomic E-state index is 11.8. The molecule has 3 N–H and O–H groups in total. The van der Waals surface area contributed by atoms with Gasteiger partial charge in [0.25, 0.3) is 0 Å². The van der Waals surface area contributed by atoms with Crippen molar-refractivity contribution in [2.45, 2.75) is 0 Å². The summed E-state index contributed by atoms with van der Waals surface area (Å²) in [5.41, 5.74) is 6.74. The van der Waals surface area contributed by atoms with Crippen molar-refractivity contribution in [2.24, 2.45) is 0 Å². The van der Waals surface area contributed by atoms with Crippen LogP contribution in [-0.4, -0.2) is 10.1 Å². The predicted octanol–water partition coefficient (Wildman–Crippen LogP) is 2.14. The van der Waals surface area contributed by atoms with Crippen LogP contribution in [-0.2, 0) is 0 Å². The van der Waals surface area contributed by atoms with E-state index in [1.54, 1.807) is 24.3 Å². The maximum Gasteiger partial charge on any atom is 0.347 e. The van der Waals surface area contributed by atoms with Gasteiger partial charge in [-0.2, -0.15) is 0 Å². The molecule has 0 saturated heterocycles. The standard InChI is InChI=1S/C14H10N2O3/c15-9-3-1-2-8(6-9)13-16-12-7-10(17)4-5-11(12)14(18)19-13/h1-7,17H,15H2. The zero-order valence-electron chi connectivity index (χ0n) is 9.83. The highest BCUT2D eigenvalue weighted by molar-refractivity contribution is 5.80. The molecular weight excluding hydrogens is 244 g/mol. The molecule has 0 spiro atoms. The molecule has 3 rings (SSSR count). The minimum Gasteiger partial charge on any atom is -0.508 e. The number of rotatable bonds is 1. The quantitative estimate of drug-likeness (QED) is 0.649. The Labute approximate surface area is 107 Å². The van der Waals surface area contributed by atoms with Crippen molar-refractivity contribution in [2.75, 3.05) is 5.73 Å². The molecule has 0 aliphatic carbocycles. The predicted molar refractivity (Wildman–Crippen MR) is 71.8 cm³/mol. The van der Waals surface area contributed by atoms with E-state index in [4.69, 9.17) is 10.2 Å². The number of nitrogen functional groups attached to an aromatic ring is 1. The fraction of sp³-hybridized carbons (Fsp3) is 0. The van der Waals surface area contributed by atoms with Crippen molar-refractivity contribution in [1.82, 2.24) is 4.98 Å². The Morgan fingerprint density at radius 2 is 2.00 bits per heavy atom. The van der Waals surface area contributed by atoms with Crippen LogP contribution in [0.5, 0.6) is 5.75 Å². The van der Waals surface area contributed by atoms with Crippen molar-refractivity contribution in [3.05, 3.63) is 52.9 Å². The van der Waals surface area contributed by atoms with Crippen LogP contribution in [0, 0.1) is 0 Å². The first-order valence-electron chi connectivity index (χ1n) is 5.63. The Morgan fingerprint density at radius 3 is 2.79 bits per heavy atom. The van der Waals surface area contributed by atoms with Crippen LogP contribution in [0.15, 0.2) is 51.7 Å². The van der Waals surface area contributed by atoms with E-state index in [-0.39, 0.29) is 11.6 Å². The van der Waals surface area contributed by atoms with Gasteiger partial charge in [0.2, 0.25) is 5.89 Å². The van der Waals surface area contributed by atoms with Crippen LogP contribution in [0.4, 0.5) is 5.69 Å². The van der Waals surface area contributed by atoms with Gasteiger partial charge in [-0.15, -0.1) is 0 Å². The third kappa shape index (κ3) is 2.01. The lowest BCUT2D eigenvalue weighted by atomic mass is 10.2. The summed E-state index contributed by atoms with van der Waals surface area (Å²) in [7, 11) is 0. The molecule has 0 fully saturated rings. The van der Waals surface area contributed by atoms with Gasteiger partial charge in [0.1, 0.15) is 5.75 Å². The topological polar surface area (TPSA) is 89.4 Å². The summed E-state index contributed by atoms with van der Waals surface area (Å²) < 4.78 is 5.17. The lowest BCUT2D eigenvalue weighted by molar-refractivity contribution is 0.475. The zero-order valence-corrected chi connectivity index (χ0v) is 9.83. The third-order valence-corrected chi connectivity index (χ3v) is 2.75. The van der Waals surface area contributed by atoms with E-state index >= 15 is 0 Å². The second-order valence-electron chi connectivity index (χ2n) is 4.13. The molecule has 1 aromatic heterocycles. The Kier molecular flexibility index (Phi) is 2.45. The number of nitrogens with two attached hydrogens (primary N) is 1. The molecule has 0 radical (unpaired) electrons. The Balaban J connectivity index is 2.28. The number of phenolic OH excluding ortho intramolecular Hbond substituents is 1. The van der Waals surface area contributed by atoms with Crippen LogP contribution < -0.4 is 11.4 Å². The van der Waals surface area contributed by atoms with Gasteiger partial charge in [0, 0.05) is 17.3 Å². The van der Waals surface area contributed by atoms with E-state index in [0.29, 0.717) is 22.2 Å². The van der Waals surface area contributed by atoms with Gasteiger partial charge in [-0.1, -0.05) is 6.07 Å². The van der Waals surface area contributed by atoms with Crippen molar-refractivity contribution in [3.8, 4) is 17.2 Å². The van der Waals surface area contributed by atoms with Crippen LogP contribution in [0.25, 0.3) is 22.4 Å². The molecule has 0 unspecified atom stereocenters. The second kappa shape index (κ2) is 4.13. The molecule has 5 nitrogen and oxygen atoms in total. The van der Waals surface area contributed by atoms with Gasteiger partial charge in [0.05, 0.1) is 10.9 Å². The average Bonchev–Trinajstić information content (AvgIpc) is 2.38. The second-order valence-corrected chi connectivity index (χ2v) is 4.13. The van der Waals surface area contributed by atoms with Gasteiger partial charge in [0.15, 0.2) is 0 Å². The van der Waals surface area contributed by atoms with Crippen molar-refractivity contribution in [1.29, 1.82) is 0 Å². The molecule has 19 heavy (non-hydrogen) atoms. The molecule has 1 heterocycles. The smallest absolute Gasteiger partial charge is 0.347 e. The van der Waals surface area contributed by atoms with Gasteiger partial charge < -0.3 is 15.3 Å². The summed E-state index contributed by atoms with van der Waals surface area (Å²) in [6.45, 7) is 0. The number of hydrogen-bond donors (Lipinski definition) is 2. The molecule has 5 heteroatoms. The number of aromatic nitrogens is 1. The Morgan fingerprint density at radius 1 is 1.16 bits per heavy atom. The van der Waals surface area contributed by atoms with Gasteiger partial charge in [-0.25, -0.2) is 9.78 Å². The fourth-order valence-corrected chi connectivity index (χ4v) is 1.86. The largest absolute Gasteiger partial charge is 0.508 e. The monoisotopic (exact) mass is 254 g/mol. The summed E-state index contributed by atoms with van der Waals surface area (Å²) >= 11 is 0. The molecule has 0 aliphatic rings. The van der Waals surface area contributed by atoms with Crippen LogP contribution in [0.1, 0.15) is 0 Å². The molecule has 94 valence electrons. The molecule has 0 bridgehead atoms. The van der Waals surface area contributed by atoms with Crippen molar-refractivity contribution in [3.63, 3.8) is 0 Å². The van der Waals surface area contributed by atoms with Crippen molar-refractivity contribution >= 4 is 16.6 Å². The first kappa shape index (κ1) is 11.3. The summed E-state index contributed by atoms with van der Waals surface area (Å²) in [4.78, 5) is 16.1. The number of phenols is 1. The lowest BCUT2D eigenvalue weighted by Crippen LogP contribution is -2.02. The lowest BCUT2D eigenvalue weighted by Gasteiger charge is -2.02. The normalized spacial score (nSPS) is 10.7. The van der Waals surface area contributed by atoms with Gasteiger partial charge >= 0.3 is 5.63 Å². The van der Waals surface area contributed by atoms with E-state index in [1.807, 2.05) is 0 Å². The number of benzene rings is 2. The summed E-state index contributed by atoms with van der Waals surface area (Å²) in [5, 5.41) is 9.76.